The van der Waals surface area contributed by atoms with E-state index in [1.165, 1.54) is 40.9 Å². The fourth-order valence-corrected chi connectivity index (χ4v) is 4.16. The number of rotatable bonds is 3. The number of anilines is 1. The third kappa shape index (κ3) is 3.49. The predicted octanol–water partition coefficient (Wildman–Crippen LogP) is 2.67. The molecule has 2 heterocycles. The van der Waals surface area contributed by atoms with Gasteiger partial charge >= 0.3 is 6.18 Å². The second-order valence-corrected chi connectivity index (χ2v) is 8.25. The third-order valence-corrected chi connectivity index (χ3v) is 5.83. The Labute approximate surface area is 169 Å². The van der Waals surface area contributed by atoms with Crippen LogP contribution in [0.5, 0.6) is 0 Å². The Morgan fingerprint density at radius 3 is 2.47 bits per heavy atom. The van der Waals surface area contributed by atoms with Gasteiger partial charge < -0.3 is 4.90 Å². The molecule has 0 saturated heterocycles. The van der Waals surface area contributed by atoms with Crippen molar-refractivity contribution in [2.45, 2.75) is 17.6 Å². The molecule has 0 bridgehead atoms. The molecule has 2 aromatic carbocycles. The van der Waals surface area contributed by atoms with Gasteiger partial charge in [-0.1, -0.05) is 24.3 Å². The Balaban J connectivity index is 1.58. The van der Waals surface area contributed by atoms with Gasteiger partial charge in [-0.15, -0.1) is 5.10 Å². The van der Waals surface area contributed by atoms with Crippen LogP contribution in [0.3, 0.4) is 0 Å². The van der Waals surface area contributed by atoms with Crippen LogP contribution in [0.4, 0.5) is 19.1 Å². The SMILES string of the molecule is CN(Cc1ccc(C(F)(F)F)cc1)C(=O)c1nc2n(n1)-c1ccccc1S(=O)(=O)N2. The average molecular weight is 437 g/mol. The predicted molar refractivity (Wildman–Crippen MR) is 99.4 cm³/mol. The summed E-state index contributed by atoms with van der Waals surface area (Å²) in [7, 11) is -2.40. The maximum absolute atomic E-state index is 12.7. The molecule has 30 heavy (non-hydrogen) atoms. The van der Waals surface area contributed by atoms with Crippen LogP contribution < -0.4 is 4.72 Å². The Kier molecular flexibility index (Phi) is 4.53. The van der Waals surface area contributed by atoms with Crippen LogP contribution in [0.15, 0.2) is 53.4 Å². The fraction of sp³-hybridized carbons (Fsp3) is 0.167. The molecule has 12 heteroatoms. The summed E-state index contributed by atoms with van der Waals surface area (Å²) >= 11 is 0. The van der Waals surface area contributed by atoms with Crippen molar-refractivity contribution >= 4 is 21.9 Å². The molecule has 0 aliphatic carbocycles. The maximum Gasteiger partial charge on any atom is 0.416 e. The topological polar surface area (TPSA) is 97.2 Å². The number of nitrogens with zero attached hydrogens (tertiary/aromatic N) is 4. The molecule has 0 saturated carbocycles. The third-order valence-electron chi connectivity index (χ3n) is 4.45. The maximum atomic E-state index is 12.7. The van der Waals surface area contributed by atoms with Crippen molar-refractivity contribution < 1.29 is 26.4 Å². The molecule has 0 fully saturated rings. The monoisotopic (exact) mass is 437 g/mol. The van der Waals surface area contributed by atoms with Gasteiger partial charge in [-0.3, -0.25) is 4.79 Å². The van der Waals surface area contributed by atoms with Gasteiger partial charge in [0.05, 0.1) is 11.3 Å². The minimum Gasteiger partial charge on any atom is -0.335 e. The van der Waals surface area contributed by atoms with Crippen molar-refractivity contribution in [3.63, 3.8) is 0 Å². The van der Waals surface area contributed by atoms with Gasteiger partial charge in [-0.2, -0.15) is 22.8 Å². The van der Waals surface area contributed by atoms with Crippen LogP contribution in [-0.4, -0.2) is 41.0 Å². The summed E-state index contributed by atoms with van der Waals surface area (Å²) < 4.78 is 66.1. The van der Waals surface area contributed by atoms with Crippen LogP contribution in [0.1, 0.15) is 21.7 Å². The zero-order chi connectivity index (χ0) is 21.7. The number of nitrogens with one attached hydrogen (secondary N) is 1. The van der Waals surface area contributed by atoms with E-state index in [0.717, 1.165) is 12.1 Å². The van der Waals surface area contributed by atoms with Gasteiger partial charge in [-0.25, -0.2) is 13.1 Å². The Bertz CT molecular complexity index is 1240. The number of alkyl halides is 3. The van der Waals surface area contributed by atoms with Crippen molar-refractivity contribution in [2.75, 3.05) is 11.8 Å². The highest BCUT2D eigenvalue weighted by atomic mass is 32.2. The van der Waals surface area contributed by atoms with Gasteiger partial charge in [0.15, 0.2) is 0 Å². The highest BCUT2D eigenvalue weighted by Crippen LogP contribution is 2.30. The number of benzene rings is 2. The molecule has 156 valence electrons. The second-order valence-electron chi connectivity index (χ2n) is 6.60. The molecule has 1 amide bonds. The van der Waals surface area contributed by atoms with E-state index in [2.05, 4.69) is 14.8 Å². The molecular weight excluding hydrogens is 423 g/mol. The van der Waals surface area contributed by atoms with Crippen LogP contribution in [-0.2, 0) is 22.7 Å². The Hall–Kier alpha value is -3.41. The minimum atomic E-state index is -4.44. The number of fused-ring (bicyclic) bond motifs is 3. The summed E-state index contributed by atoms with van der Waals surface area (Å²) in [5, 5.41) is 4.11. The standard InChI is InChI=1S/C18H14F3N5O3S/c1-25(10-11-6-8-12(9-7-11)18(19,20)21)16(27)15-22-17-24-30(28,29)14-5-3-2-4-13(14)26(17)23-15/h2-9H,10H2,1H3,(H,22,23,24). The van der Waals surface area contributed by atoms with Crippen molar-refractivity contribution in [2.24, 2.45) is 0 Å². The molecule has 4 rings (SSSR count). The van der Waals surface area contributed by atoms with E-state index >= 15 is 0 Å². The molecule has 1 aliphatic heterocycles. The quantitative estimate of drug-likeness (QED) is 0.680. The van der Waals surface area contributed by atoms with E-state index < -0.39 is 27.7 Å². The largest absolute Gasteiger partial charge is 0.416 e. The van der Waals surface area contributed by atoms with Crippen LogP contribution in [0.25, 0.3) is 5.69 Å². The van der Waals surface area contributed by atoms with Gasteiger partial charge in [0.2, 0.25) is 11.8 Å². The second kappa shape index (κ2) is 6.83. The first-order chi connectivity index (χ1) is 14.1. The smallest absolute Gasteiger partial charge is 0.335 e. The number of hydrogen-bond donors (Lipinski definition) is 1. The number of sulfonamides is 1. The fourth-order valence-electron chi connectivity index (χ4n) is 2.99. The number of carbonyl (C=O) groups is 1. The molecule has 3 aromatic rings. The van der Waals surface area contributed by atoms with Crippen LogP contribution in [0, 0.1) is 0 Å². The minimum absolute atomic E-state index is 0.000456. The number of hydrogen-bond acceptors (Lipinski definition) is 5. The van der Waals surface area contributed by atoms with Gasteiger partial charge in [0, 0.05) is 13.6 Å². The molecule has 1 N–H and O–H groups in total. The normalized spacial score (nSPS) is 14.4. The van der Waals surface area contributed by atoms with Gasteiger partial charge in [0.1, 0.15) is 4.90 Å². The summed E-state index contributed by atoms with van der Waals surface area (Å²) in [6.45, 7) is 0.0170. The van der Waals surface area contributed by atoms with Crippen molar-refractivity contribution in [3.8, 4) is 5.69 Å². The lowest BCUT2D eigenvalue weighted by Crippen LogP contribution is -2.27. The summed E-state index contributed by atoms with van der Waals surface area (Å²) in [4.78, 5) is 17.9. The first-order valence-corrected chi connectivity index (χ1v) is 10.1. The van der Waals surface area contributed by atoms with Crippen LogP contribution >= 0.6 is 0 Å². The molecule has 0 unspecified atom stereocenters. The lowest BCUT2D eigenvalue weighted by molar-refractivity contribution is -0.137. The lowest BCUT2D eigenvalue weighted by Gasteiger charge is -2.17. The molecule has 0 radical (unpaired) electrons. The van der Waals surface area contributed by atoms with E-state index in [-0.39, 0.29) is 28.9 Å². The first kappa shape index (κ1) is 19.9. The molecule has 1 aliphatic rings. The Morgan fingerprint density at radius 1 is 1.13 bits per heavy atom. The highest BCUT2D eigenvalue weighted by molar-refractivity contribution is 7.92. The number of para-hydroxylation sites is 1. The Morgan fingerprint density at radius 2 is 1.80 bits per heavy atom. The number of carbonyl (C=O) groups excluding carboxylic acids is 1. The zero-order valence-corrected chi connectivity index (χ0v) is 16.2. The van der Waals surface area contributed by atoms with E-state index in [1.807, 2.05) is 0 Å². The molecule has 8 nitrogen and oxygen atoms in total. The highest BCUT2D eigenvalue weighted by Gasteiger charge is 2.32. The first-order valence-electron chi connectivity index (χ1n) is 8.57. The summed E-state index contributed by atoms with van der Waals surface area (Å²) in [5.41, 5.74) is -0.0494. The summed E-state index contributed by atoms with van der Waals surface area (Å²) in [5.74, 6) is -0.993. The number of amides is 1. The van der Waals surface area contributed by atoms with E-state index in [9.17, 15) is 26.4 Å². The van der Waals surface area contributed by atoms with E-state index in [4.69, 9.17) is 0 Å². The van der Waals surface area contributed by atoms with E-state index in [1.54, 1.807) is 12.1 Å². The molecule has 0 spiro atoms. The van der Waals surface area contributed by atoms with Gasteiger partial charge in [-0.05, 0) is 29.8 Å². The zero-order valence-electron chi connectivity index (χ0n) is 15.4. The lowest BCUT2D eigenvalue weighted by atomic mass is 10.1. The van der Waals surface area contributed by atoms with Crippen LogP contribution in [0.2, 0.25) is 0 Å². The van der Waals surface area contributed by atoms with Crippen molar-refractivity contribution in [1.29, 1.82) is 0 Å². The number of halogens is 3. The number of aromatic nitrogens is 3. The molecule has 1 aromatic heterocycles. The molecular formula is C18H14F3N5O3S. The van der Waals surface area contributed by atoms with Crippen molar-refractivity contribution in [1.82, 2.24) is 19.7 Å². The summed E-state index contributed by atoms with van der Waals surface area (Å²) in [6, 6.07) is 10.6. The molecule has 0 atom stereocenters. The average Bonchev–Trinajstić information content (AvgIpc) is 3.10. The van der Waals surface area contributed by atoms with Crippen molar-refractivity contribution in [3.05, 3.63) is 65.5 Å². The van der Waals surface area contributed by atoms with Gasteiger partial charge in [0.25, 0.3) is 15.9 Å². The van der Waals surface area contributed by atoms with E-state index in [0.29, 0.717) is 5.56 Å². The summed E-state index contributed by atoms with van der Waals surface area (Å²) in [6.07, 6.45) is -4.44.